The van der Waals surface area contributed by atoms with E-state index in [1.54, 1.807) is 0 Å². The number of nitrogens with zero attached hydrogens (tertiary/aromatic N) is 2. The summed E-state index contributed by atoms with van der Waals surface area (Å²) in [6, 6.07) is 0.427. The number of nitrogens with one attached hydrogen (secondary N) is 1. The van der Waals surface area contributed by atoms with Crippen LogP contribution in [-0.4, -0.2) is 60.5 Å². The van der Waals surface area contributed by atoms with E-state index >= 15 is 0 Å². The second-order valence-corrected chi connectivity index (χ2v) is 6.05. The van der Waals surface area contributed by atoms with Crippen LogP contribution in [0.2, 0.25) is 0 Å². The van der Waals surface area contributed by atoms with Crippen LogP contribution >= 0.6 is 0 Å². The minimum Gasteiger partial charge on any atom is -0.343 e. The molecule has 1 rings (SSSR count). The van der Waals surface area contributed by atoms with Gasteiger partial charge in [0.05, 0.1) is 6.04 Å². The number of carbonyl (C=O) groups excluding carboxylic acids is 1. The summed E-state index contributed by atoms with van der Waals surface area (Å²) in [7, 11) is 3.84. The smallest absolute Gasteiger partial charge is 0.239 e. The molecule has 0 saturated carbocycles. The molecular weight excluding hydrogens is 214 g/mol. The maximum absolute atomic E-state index is 12.3. The van der Waals surface area contributed by atoms with Crippen LogP contribution in [0.1, 0.15) is 34.1 Å². The first-order valence-electron chi connectivity index (χ1n) is 6.47. The van der Waals surface area contributed by atoms with Gasteiger partial charge in [-0.05, 0) is 47.7 Å². The zero-order chi connectivity index (χ0) is 13.2. The van der Waals surface area contributed by atoms with E-state index in [4.69, 9.17) is 0 Å². The lowest BCUT2D eigenvalue weighted by Crippen LogP contribution is -2.65. The van der Waals surface area contributed by atoms with Gasteiger partial charge in [0.2, 0.25) is 5.91 Å². The van der Waals surface area contributed by atoms with Crippen molar-refractivity contribution in [3.8, 4) is 0 Å². The predicted octanol–water partition coefficient (Wildman–Crippen LogP) is 0.926. The molecule has 2 atom stereocenters. The van der Waals surface area contributed by atoms with E-state index in [1.807, 2.05) is 19.0 Å². The van der Waals surface area contributed by atoms with E-state index in [0.29, 0.717) is 6.04 Å². The summed E-state index contributed by atoms with van der Waals surface area (Å²) in [4.78, 5) is 16.5. The van der Waals surface area contributed by atoms with Crippen molar-refractivity contribution >= 4 is 5.91 Å². The average Bonchev–Trinajstić information content (AvgIpc) is 2.19. The van der Waals surface area contributed by atoms with Gasteiger partial charge in [0.15, 0.2) is 0 Å². The normalized spacial score (nSPS) is 27.6. The molecule has 1 saturated heterocycles. The molecule has 100 valence electrons. The summed E-state index contributed by atoms with van der Waals surface area (Å²) in [6.07, 6.45) is 0.876. The first-order chi connectivity index (χ1) is 7.79. The van der Waals surface area contributed by atoms with Crippen LogP contribution < -0.4 is 5.32 Å². The molecule has 0 radical (unpaired) electrons. The van der Waals surface area contributed by atoms with Crippen LogP contribution in [-0.2, 0) is 4.79 Å². The molecule has 0 aromatic heterocycles. The number of rotatable bonds is 3. The van der Waals surface area contributed by atoms with Crippen LogP contribution in [0, 0.1) is 0 Å². The first-order valence-corrected chi connectivity index (χ1v) is 6.47. The largest absolute Gasteiger partial charge is 0.343 e. The molecule has 1 heterocycles. The van der Waals surface area contributed by atoms with E-state index in [9.17, 15) is 4.79 Å². The standard InChI is InChI=1S/C13H27N3O/c1-10-9-15(6)12(17)11(7-8-14-5)16(10)13(2,3)4/h10-11,14H,7-9H2,1-6H3. The molecular formula is C13H27N3O. The molecule has 1 N–H and O–H groups in total. The van der Waals surface area contributed by atoms with Gasteiger partial charge in [-0.2, -0.15) is 0 Å². The van der Waals surface area contributed by atoms with Gasteiger partial charge in [-0.25, -0.2) is 0 Å². The Morgan fingerprint density at radius 3 is 2.47 bits per heavy atom. The highest BCUT2D eigenvalue weighted by Crippen LogP contribution is 2.27. The van der Waals surface area contributed by atoms with Gasteiger partial charge in [0.1, 0.15) is 0 Å². The van der Waals surface area contributed by atoms with Gasteiger partial charge >= 0.3 is 0 Å². The van der Waals surface area contributed by atoms with Gasteiger partial charge in [-0.1, -0.05) is 0 Å². The second-order valence-electron chi connectivity index (χ2n) is 6.05. The van der Waals surface area contributed by atoms with Crippen molar-refractivity contribution in [3.05, 3.63) is 0 Å². The predicted molar refractivity (Wildman–Crippen MR) is 71.0 cm³/mol. The summed E-state index contributed by atoms with van der Waals surface area (Å²) >= 11 is 0. The molecule has 4 nitrogen and oxygen atoms in total. The average molecular weight is 241 g/mol. The number of likely N-dealkylation sites (N-methyl/N-ethyl adjacent to an activating group) is 1. The van der Waals surface area contributed by atoms with E-state index in [2.05, 4.69) is 37.9 Å². The monoisotopic (exact) mass is 241 g/mol. The minimum absolute atomic E-state index is 0.0104. The number of piperazine rings is 1. The SMILES string of the molecule is CNCCC1C(=O)N(C)CC(C)N1C(C)(C)C. The highest BCUT2D eigenvalue weighted by Gasteiger charge is 2.41. The number of amides is 1. The fourth-order valence-corrected chi connectivity index (χ4v) is 2.93. The summed E-state index contributed by atoms with van der Waals surface area (Å²) in [5.41, 5.74) is 0.0365. The molecule has 0 aromatic rings. The van der Waals surface area contributed by atoms with E-state index < -0.39 is 0 Å². The van der Waals surface area contributed by atoms with Gasteiger partial charge in [0, 0.05) is 25.2 Å². The fraction of sp³-hybridized carbons (Fsp3) is 0.923. The van der Waals surface area contributed by atoms with E-state index in [1.165, 1.54) is 0 Å². The summed E-state index contributed by atoms with van der Waals surface area (Å²) < 4.78 is 0. The lowest BCUT2D eigenvalue weighted by atomic mass is 9.94. The van der Waals surface area contributed by atoms with Gasteiger partial charge in [0.25, 0.3) is 0 Å². The molecule has 17 heavy (non-hydrogen) atoms. The lowest BCUT2D eigenvalue weighted by Gasteiger charge is -2.50. The molecule has 1 aliphatic heterocycles. The van der Waals surface area contributed by atoms with Crippen LogP contribution in [0.15, 0.2) is 0 Å². The fourth-order valence-electron chi connectivity index (χ4n) is 2.93. The molecule has 1 fully saturated rings. The Balaban J connectivity index is 2.91. The molecule has 0 aliphatic carbocycles. The summed E-state index contributed by atoms with van der Waals surface area (Å²) in [6.45, 7) is 10.5. The van der Waals surface area contributed by atoms with Crippen molar-refractivity contribution in [1.82, 2.24) is 15.1 Å². The van der Waals surface area contributed by atoms with Crippen molar-refractivity contribution in [2.24, 2.45) is 0 Å². The van der Waals surface area contributed by atoms with Crippen LogP contribution in [0.3, 0.4) is 0 Å². The number of carbonyl (C=O) groups is 1. The van der Waals surface area contributed by atoms with Crippen molar-refractivity contribution in [3.63, 3.8) is 0 Å². The Bertz CT molecular complexity index is 272. The maximum Gasteiger partial charge on any atom is 0.239 e. The Morgan fingerprint density at radius 2 is 2.00 bits per heavy atom. The van der Waals surface area contributed by atoms with Crippen molar-refractivity contribution in [1.29, 1.82) is 0 Å². The Labute approximate surface area is 105 Å². The van der Waals surface area contributed by atoms with Crippen LogP contribution in [0.5, 0.6) is 0 Å². The third-order valence-electron chi connectivity index (χ3n) is 3.45. The molecule has 1 aliphatic rings. The Morgan fingerprint density at radius 1 is 1.41 bits per heavy atom. The molecule has 4 heteroatoms. The molecule has 0 bridgehead atoms. The van der Waals surface area contributed by atoms with E-state index in [0.717, 1.165) is 19.5 Å². The van der Waals surface area contributed by atoms with Gasteiger partial charge in [-0.3, -0.25) is 9.69 Å². The third-order valence-corrected chi connectivity index (χ3v) is 3.45. The zero-order valence-corrected chi connectivity index (χ0v) is 12.1. The Kier molecular flexibility index (Phi) is 4.55. The Hall–Kier alpha value is -0.610. The number of hydrogen-bond donors (Lipinski definition) is 1. The zero-order valence-electron chi connectivity index (χ0n) is 12.1. The highest BCUT2D eigenvalue weighted by atomic mass is 16.2. The van der Waals surface area contributed by atoms with Gasteiger partial charge < -0.3 is 10.2 Å². The minimum atomic E-state index is 0.0104. The van der Waals surface area contributed by atoms with Gasteiger partial charge in [-0.15, -0.1) is 0 Å². The third kappa shape index (κ3) is 3.19. The van der Waals surface area contributed by atoms with E-state index in [-0.39, 0.29) is 17.5 Å². The first kappa shape index (κ1) is 14.5. The van der Waals surface area contributed by atoms with Crippen molar-refractivity contribution in [2.45, 2.75) is 51.7 Å². The topological polar surface area (TPSA) is 35.6 Å². The van der Waals surface area contributed by atoms with Crippen LogP contribution in [0.25, 0.3) is 0 Å². The van der Waals surface area contributed by atoms with Crippen molar-refractivity contribution < 1.29 is 4.79 Å². The molecule has 0 spiro atoms. The number of hydrogen-bond acceptors (Lipinski definition) is 3. The molecule has 2 unspecified atom stereocenters. The summed E-state index contributed by atoms with van der Waals surface area (Å²) in [5.74, 6) is 0.258. The summed E-state index contributed by atoms with van der Waals surface area (Å²) in [5, 5.41) is 3.14. The van der Waals surface area contributed by atoms with Crippen LogP contribution in [0.4, 0.5) is 0 Å². The maximum atomic E-state index is 12.3. The van der Waals surface area contributed by atoms with Crippen molar-refractivity contribution in [2.75, 3.05) is 27.2 Å². The highest BCUT2D eigenvalue weighted by molar-refractivity contribution is 5.82. The molecule has 0 aromatic carbocycles. The lowest BCUT2D eigenvalue weighted by molar-refractivity contribution is -0.148. The molecule has 1 amide bonds. The quantitative estimate of drug-likeness (QED) is 0.798. The second kappa shape index (κ2) is 5.36.